The Bertz CT molecular complexity index is 1000. The monoisotopic (exact) mass is 394 g/mol. The van der Waals surface area contributed by atoms with Gasteiger partial charge in [-0.3, -0.25) is 9.59 Å². The lowest BCUT2D eigenvalue weighted by Gasteiger charge is -2.40. The molecule has 1 fully saturated rings. The fourth-order valence-electron chi connectivity index (χ4n) is 4.72. The van der Waals surface area contributed by atoms with Crippen LogP contribution < -0.4 is 11.3 Å². The molecule has 1 aliphatic carbocycles. The molecule has 1 aliphatic heterocycles. The Kier molecular flexibility index (Phi) is 4.85. The van der Waals surface area contributed by atoms with Crippen molar-refractivity contribution in [2.75, 3.05) is 13.1 Å². The molecule has 2 aromatic rings. The third kappa shape index (κ3) is 3.50. The van der Waals surface area contributed by atoms with Crippen molar-refractivity contribution in [1.29, 1.82) is 0 Å². The van der Waals surface area contributed by atoms with Crippen LogP contribution in [-0.2, 0) is 23.8 Å². The van der Waals surface area contributed by atoms with Crippen molar-refractivity contribution < 1.29 is 4.79 Å². The average molecular weight is 395 g/mol. The number of amides is 1. The van der Waals surface area contributed by atoms with E-state index < -0.39 is 0 Å². The lowest BCUT2D eigenvalue weighted by molar-refractivity contribution is 0.0633. The van der Waals surface area contributed by atoms with Crippen LogP contribution >= 0.6 is 0 Å². The summed E-state index contributed by atoms with van der Waals surface area (Å²) in [7, 11) is 0. The number of rotatable bonds is 2. The van der Waals surface area contributed by atoms with Crippen LogP contribution in [0.2, 0.25) is 0 Å². The van der Waals surface area contributed by atoms with Gasteiger partial charge in [0.1, 0.15) is 5.82 Å². The topological polar surface area (TPSA) is 92.1 Å². The zero-order valence-electron chi connectivity index (χ0n) is 17.5. The Labute approximate surface area is 171 Å². The van der Waals surface area contributed by atoms with Gasteiger partial charge >= 0.3 is 0 Å². The van der Waals surface area contributed by atoms with Gasteiger partial charge in [-0.2, -0.15) is 0 Å². The third-order valence-electron chi connectivity index (χ3n) is 6.36. The van der Waals surface area contributed by atoms with Crippen LogP contribution in [0.3, 0.4) is 0 Å². The molecule has 2 aliphatic rings. The van der Waals surface area contributed by atoms with Gasteiger partial charge in [0.25, 0.3) is 11.5 Å². The number of carbonyl (C=O) groups is 1. The number of aromatic amines is 1. The second kappa shape index (κ2) is 7.10. The minimum atomic E-state index is -0.231. The van der Waals surface area contributed by atoms with Crippen LogP contribution in [0, 0.1) is 0 Å². The lowest BCUT2D eigenvalue weighted by atomic mass is 9.77. The Morgan fingerprint density at radius 1 is 1.31 bits per heavy atom. The molecule has 2 heterocycles. The summed E-state index contributed by atoms with van der Waals surface area (Å²) in [6.45, 7) is 7.94. The molecule has 154 valence electrons. The van der Waals surface area contributed by atoms with Crippen molar-refractivity contribution >= 4 is 5.91 Å². The number of piperidine rings is 1. The Balaban J connectivity index is 1.68. The SMILES string of the molecule is CC(C)(C)c1nc2c(c(=O)[nH]1)CCC21CCCN(C(=O)c2cccc(CN)c2)C1. The zero-order chi connectivity index (χ0) is 20.8. The molecule has 0 radical (unpaired) electrons. The van der Waals surface area contributed by atoms with Crippen LogP contribution in [0.1, 0.15) is 73.0 Å². The highest BCUT2D eigenvalue weighted by Crippen LogP contribution is 2.43. The van der Waals surface area contributed by atoms with Gasteiger partial charge in [0.05, 0.1) is 5.69 Å². The lowest BCUT2D eigenvalue weighted by Crippen LogP contribution is -2.48. The Hall–Kier alpha value is -2.47. The van der Waals surface area contributed by atoms with E-state index in [1.165, 1.54) is 0 Å². The van der Waals surface area contributed by atoms with E-state index in [9.17, 15) is 9.59 Å². The van der Waals surface area contributed by atoms with Gasteiger partial charge in [-0.05, 0) is 43.4 Å². The van der Waals surface area contributed by atoms with E-state index >= 15 is 0 Å². The third-order valence-corrected chi connectivity index (χ3v) is 6.36. The molecule has 4 rings (SSSR count). The molecular weight excluding hydrogens is 364 g/mol. The minimum Gasteiger partial charge on any atom is -0.338 e. The van der Waals surface area contributed by atoms with Crippen LogP contribution in [-0.4, -0.2) is 33.9 Å². The Morgan fingerprint density at radius 2 is 2.10 bits per heavy atom. The molecule has 1 saturated heterocycles. The number of carbonyl (C=O) groups excluding carboxylic acids is 1. The average Bonchev–Trinajstić information content (AvgIpc) is 3.05. The van der Waals surface area contributed by atoms with Crippen LogP contribution in [0.15, 0.2) is 29.1 Å². The van der Waals surface area contributed by atoms with Crippen LogP contribution in [0.5, 0.6) is 0 Å². The number of nitrogens with one attached hydrogen (secondary N) is 1. The highest BCUT2D eigenvalue weighted by atomic mass is 16.2. The summed E-state index contributed by atoms with van der Waals surface area (Å²) < 4.78 is 0. The number of aromatic nitrogens is 2. The summed E-state index contributed by atoms with van der Waals surface area (Å²) in [4.78, 5) is 35.8. The van der Waals surface area contributed by atoms with Crippen molar-refractivity contribution in [3.63, 3.8) is 0 Å². The van der Waals surface area contributed by atoms with Gasteiger partial charge < -0.3 is 15.6 Å². The van der Waals surface area contributed by atoms with E-state index in [2.05, 4.69) is 25.8 Å². The normalized spacial score (nSPS) is 21.4. The van der Waals surface area contributed by atoms with Gasteiger partial charge in [-0.1, -0.05) is 32.9 Å². The predicted molar refractivity (Wildman–Crippen MR) is 113 cm³/mol. The summed E-state index contributed by atoms with van der Waals surface area (Å²) >= 11 is 0. The molecule has 1 atom stereocenters. The van der Waals surface area contributed by atoms with Gasteiger partial charge in [-0.15, -0.1) is 0 Å². The first-order valence-electron chi connectivity index (χ1n) is 10.5. The first kappa shape index (κ1) is 19.8. The molecule has 1 amide bonds. The van der Waals surface area contributed by atoms with Crippen molar-refractivity contribution in [3.05, 3.63) is 62.8 Å². The maximum absolute atomic E-state index is 13.2. The number of nitrogens with zero attached hydrogens (tertiary/aromatic N) is 2. The Morgan fingerprint density at radius 3 is 2.83 bits per heavy atom. The molecule has 1 aromatic heterocycles. The summed E-state index contributed by atoms with van der Waals surface area (Å²) in [6, 6.07) is 7.56. The minimum absolute atomic E-state index is 0.0177. The van der Waals surface area contributed by atoms with Crippen molar-refractivity contribution in [3.8, 4) is 0 Å². The summed E-state index contributed by atoms with van der Waals surface area (Å²) in [5.74, 6) is 0.760. The zero-order valence-corrected chi connectivity index (χ0v) is 17.5. The quantitative estimate of drug-likeness (QED) is 0.819. The number of likely N-dealkylation sites (tertiary alicyclic amines) is 1. The molecule has 0 bridgehead atoms. The molecule has 29 heavy (non-hydrogen) atoms. The number of hydrogen-bond donors (Lipinski definition) is 2. The van der Waals surface area contributed by atoms with Crippen molar-refractivity contribution in [2.24, 2.45) is 5.73 Å². The standard InChI is InChI=1S/C23H30N4O2/c1-22(2,3)21-25-18-17(19(28)26-21)8-10-23(18)9-5-11-27(14-23)20(29)16-7-4-6-15(12-16)13-24/h4,6-7,12H,5,8-11,13-14,24H2,1-3H3,(H,25,26,28). The second-order valence-electron chi connectivity index (χ2n) is 9.51. The first-order valence-corrected chi connectivity index (χ1v) is 10.5. The fourth-order valence-corrected chi connectivity index (χ4v) is 4.72. The van der Waals surface area contributed by atoms with E-state index in [-0.39, 0.29) is 22.3 Å². The molecule has 1 aromatic carbocycles. The fraction of sp³-hybridized carbons (Fsp3) is 0.522. The predicted octanol–water partition coefficient (Wildman–Crippen LogP) is 2.65. The summed E-state index contributed by atoms with van der Waals surface area (Å²) in [6.07, 6.45) is 3.49. The molecule has 6 heteroatoms. The number of nitrogens with two attached hydrogens (primary N) is 1. The van der Waals surface area contributed by atoms with Gasteiger partial charge in [0.2, 0.25) is 0 Å². The molecule has 1 spiro atoms. The van der Waals surface area contributed by atoms with E-state index in [0.29, 0.717) is 18.7 Å². The molecule has 3 N–H and O–H groups in total. The summed E-state index contributed by atoms with van der Waals surface area (Å²) in [5.41, 5.74) is 8.63. The molecule has 6 nitrogen and oxygen atoms in total. The maximum atomic E-state index is 13.2. The maximum Gasteiger partial charge on any atom is 0.254 e. The van der Waals surface area contributed by atoms with Gasteiger partial charge in [0.15, 0.2) is 0 Å². The summed E-state index contributed by atoms with van der Waals surface area (Å²) in [5, 5.41) is 0. The largest absolute Gasteiger partial charge is 0.338 e. The first-order chi connectivity index (χ1) is 13.7. The highest BCUT2D eigenvalue weighted by Gasteiger charge is 2.46. The molecule has 1 unspecified atom stereocenters. The van der Waals surface area contributed by atoms with Crippen LogP contribution in [0.25, 0.3) is 0 Å². The molecule has 0 saturated carbocycles. The van der Waals surface area contributed by atoms with Gasteiger partial charge in [0, 0.05) is 41.6 Å². The number of benzene rings is 1. The van der Waals surface area contributed by atoms with E-state index in [1.807, 2.05) is 29.2 Å². The molecular formula is C23H30N4O2. The number of hydrogen-bond acceptors (Lipinski definition) is 4. The number of fused-ring (bicyclic) bond motifs is 2. The van der Waals surface area contributed by atoms with Crippen LogP contribution in [0.4, 0.5) is 0 Å². The highest BCUT2D eigenvalue weighted by molar-refractivity contribution is 5.94. The van der Waals surface area contributed by atoms with E-state index in [0.717, 1.165) is 54.9 Å². The van der Waals surface area contributed by atoms with Gasteiger partial charge in [-0.25, -0.2) is 4.98 Å². The van der Waals surface area contributed by atoms with Crippen molar-refractivity contribution in [2.45, 2.75) is 63.8 Å². The van der Waals surface area contributed by atoms with E-state index in [1.54, 1.807) is 0 Å². The van der Waals surface area contributed by atoms with Crippen molar-refractivity contribution in [1.82, 2.24) is 14.9 Å². The van der Waals surface area contributed by atoms with E-state index in [4.69, 9.17) is 10.7 Å². The second-order valence-corrected chi connectivity index (χ2v) is 9.51. The number of H-pyrrole nitrogens is 1. The smallest absolute Gasteiger partial charge is 0.254 e.